The number of aromatic nitrogens is 1. The Bertz CT molecular complexity index is 832. The van der Waals surface area contributed by atoms with Crippen molar-refractivity contribution in [3.8, 4) is 0 Å². The van der Waals surface area contributed by atoms with Gasteiger partial charge in [-0.05, 0) is 25.5 Å². The highest BCUT2D eigenvalue weighted by atomic mass is 16.5. The summed E-state index contributed by atoms with van der Waals surface area (Å²) >= 11 is 0. The van der Waals surface area contributed by atoms with Crippen molar-refractivity contribution in [3.05, 3.63) is 46.2 Å². The molecule has 1 aromatic heterocycles. The number of rotatable bonds is 4. The summed E-state index contributed by atoms with van der Waals surface area (Å²) in [4.78, 5) is 24.6. The molecule has 0 spiro atoms. The monoisotopic (exact) mass is 346 g/mol. The highest BCUT2D eigenvalue weighted by Crippen LogP contribution is 2.16. The van der Waals surface area contributed by atoms with Crippen LogP contribution in [0, 0.1) is 6.92 Å². The van der Waals surface area contributed by atoms with E-state index < -0.39 is 18.2 Å². The van der Waals surface area contributed by atoms with Crippen molar-refractivity contribution in [1.82, 2.24) is 9.88 Å². The average Bonchev–Trinajstić information content (AvgIpc) is 2.60. The van der Waals surface area contributed by atoms with Crippen LogP contribution < -0.4 is 10.7 Å². The van der Waals surface area contributed by atoms with Crippen molar-refractivity contribution < 1.29 is 19.7 Å². The molecule has 1 aromatic carbocycles. The third-order valence-corrected chi connectivity index (χ3v) is 4.61. The molecule has 3 N–H and O–H groups in total. The van der Waals surface area contributed by atoms with Crippen molar-refractivity contribution in [2.24, 2.45) is 0 Å². The number of carbonyl (C=O) groups excluding carboxylic acids is 1. The quantitative estimate of drug-likeness (QED) is 0.720. The number of aryl methyl sites for hydroxylation is 1. The number of nitrogens with one attached hydrogen (secondary N) is 1. The molecule has 1 fully saturated rings. The van der Waals surface area contributed by atoms with Crippen molar-refractivity contribution in [2.45, 2.75) is 38.1 Å². The minimum atomic E-state index is -0.949. The fourth-order valence-electron chi connectivity index (χ4n) is 3.25. The van der Waals surface area contributed by atoms with Gasteiger partial charge < -0.3 is 24.8 Å². The number of amides is 1. The number of hydrogen-bond donors (Lipinski definition) is 3. The summed E-state index contributed by atoms with van der Waals surface area (Å²) in [6.45, 7) is 1.90. The molecular weight excluding hydrogens is 324 g/mol. The SMILES string of the molecule is Cc1cc(=O)c2ccccc2n1CC(=O)N[C@H]1CCO[C@H](CO)[C@H]1O. The summed E-state index contributed by atoms with van der Waals surface area (Å²) in [6, 6.07) is 8.20. The van der Waals surface area contributed by atoms with Gasteiger partial charge >= 0.3 is 0 Å². The van der Waals surface area contributed by atoms with Crippen molar-refractivity contribution >= 4 is 16.8 Å². The van der Waals surface area contributed by atoms with Gasteiger partial charge in [0, 0.05) is 23.8 Å². The molecule has 3 rings (SSSR count). The van der Waals surface area contributed by atoms with Crippen molar-refractivity contribution in [3.63, 3.8) is 0 Å². The van der Waals surface area contributed by atoms with Crippen LogP contribution in [0.2, 0.25) is 0 Å². The van der Waals surface area contributed by atoms with Gasteiger partial charge in [0.15, 0.2) is 5.43 Å². The molecule has 25 heavy (non-hydrogen) atoms. The first kappa shape index (κ1) is 17.6. The fraction of sp³-hybridized carbons (Fsp3) is 0.444. The zero-order valence-electron chi connectivity index (χ0n) is 14.0. The van der Waals surface area contributed by atoms with Crippen LogP contribution in [-0.2, 0) is 16.1 Å². The number of pyridine rings is 1. The number of aliphatic hydroxyl groups excluding tert-OH is 2. The topological polar surface area (TPSA) is 101 Å². The molecule has 0 radical (unpaired) electrons. The molecule has 7 heteroatoms. The molecule has 1 aliphatic heterocycles. The van der Waals surface area contributed by atoms with Crippen LogP contribution in [0.1, 0.15) is 12.1 Å². The molecule has 1 aliphatic rings. The first-order chi connectivity index (χ1) is 12.0. The Labute approximate surface area is 144 Å². The van der Waals surface area contributed by atoms with Crippen LogP contribution >= 0.6 is 0 Å². The third kappa shape index (κ3) is 3.58. The Morgan fingerprint density at radius 1 is 1.40 bits per heavy atom. The number of para-hydroxylation sites is 1. The predicted octanol–water partition coefficient (Wildman–Crippen LogP) is -0.0632. The molecule has 134 valence electrons. The molecule has 0 saturated carbocycles. The van der Waals surface area contributed by atoms with Crippen LogP contribution in [0.3, 0.4) is 0 Å². The van der Waals surface area contributed by atoms with Gasteiger partial charge in [0.05, 0.1) is 18.2 Å². The van der Waals surface area contributed by atoms with E-state index in [1.54, 1.807) is 23.6 Å². The number of ether oxygens (including phenoxy) is 1. The van der Waals surface area contributed by atoms with Gasteiger partial charge in [-0.1, -0.05) is 12.1 Å². The van der Waals surface area contributed by atoms with E-state index in [2.05, 4.69) is 5.32 Å². The molecule has 0 bridgehead atoms. The molecule has 1 amide bonds. The molecule has 2 aromatic rings. The first-order valence-electron chi connectivity index (χ1n) is 8.30. The van der Waals surface area contributed by atoms with Crippen molar-refractivity contribution in [1.29, 1.82) is 0 Å². The van der Waals surface area contributed by atoms with E-state index in [0.717, 1.165) is 0 Å². The Kier molecular flexibility index (Phi) is 5.17. The molecule has 7 nitrogen and oxygen atoms in total. The van der Waals surface area contributed by atoms with Gasteiger partial charge in [-0.15, -0.1) is 0 Å². The van der Waals surface area contributed by atoms with Crippen LogP contribution in [0.15, 0.2) is 35.1 Å². The summed E-state index contributed by atoms with van der Waals surface area (Å²) in [5.41, 5.74) is 1.32. The maximum absolute atomic E-state index is 12.5. The Morgan fingerprint density at radius 3 is 2.92 bits per heavy atom. The van der Waals surface area contributed by atoms with E-state index in [-0.39, 0.29) is 24.5 Å². The van der Waals surface area contributed by atoms with Crippen LogP contribution in [0.5, 0.6) is 0 Å². The summed E-state index contributed by atoms with van der Waals surface area (Å²) in [6.07, 6.45) is -1.16. The second kappa shape index (κ2) is 7.35. The summed E-state index contributed by atoms with van der Waals surface area (Å²) in [5.74, 6) is -0.264. The number of benzene rings is 1. The number of aliphatic hydroxyl groups is 2. The van der Waals surface area contributed by atoms with E-state index in [1.807, 2.05) is 12.1 Å². The van der Waals surface area contributed by atoms with Crippen LogP contribution in [0.4, 0.5) is 0 Å². The van der Waals surface area contributed by atoms with Gasteiger partial charge in [0.1, 0.15) is 18.8 Å². The summed E-state index contributed by atoms with van der Waals surface area (Å²) in [7, 11) is 0. The maximum Gasteiger partial charge on any atom is 0.240 e. The number of hydrogen-bond acceptors (Lipinski definition) is 5. The molecule has 3 atom stereocenters. The smallest absolute Gasteiger partial charge is 0.240 e. The lowest BCUT2D eigenvalue weighted by atomic mass is 10.00. The average molecular weight is 346 g/mol. The molecule has 1 saturated heterocycles. The second-order valence-corrected chi connectivity index (χ2v) is 6.30. The Morgan fingerprint density at radius 2 is 2.16 bits per heavy atom. The second-order valence-electron chi connectivity index (χ2n) is 6.30. The lowest BCUT2D eigenvalue weighted by Gasteiger charge is -2.34. The highest BCUT2D eigenvalue weighted by Gasteiger charge is 2.33. The normalized spacial score (nSPS) is 23.6. The number of nitrogens with zero attached hydrogens (tertiary/aromatic N) is 1. The van der Waals surface area contributed by atoms with Gasteiger partial charge in [0.25, 0.3) is 0 Å². The van der Waals surface area contributed by atoms with E-state index in [1.165, 1.54) is 6.07 Å². The van der Waals surface area contributed by atoms with E-state index >= 15 is 0 Å². The number of carbonyl (C=O) groups is 1. The van der Waals surface area contributed by atoms with E-state index in [9.17, 15) is 19.8 Å². The molecular formula is C18H22N2O5. The number of fused-ring (bicyclic) bond motifs is 1. The van der Waals surface area contributed by atoms with Crippen molar-refractivity contribution in [2.75, 3.05) is 13.2 Å². The van der Waals surface area contributed by atoms with Gasteiger partial charge in [0.2, 0.25) is 5.91 Å². The largest absolute Gasteiger partial charge is 0.394 e. The molecule has 0 unspecified atom stereocenters. The highest BCUT2D eigenvalue weighted by molar-refractivity contribution is 5.82. The molecule has 2 heterocycles. The summed E-state index contributed by atoms with van der Waals surface area (Å²) < 4.78 is 7.05. The van der Waals surface area contributed by atoms with E-state index in [4.69, 9.17) is 4.74 Å². The lowest BCUT2D eigenvalue weighted by molar-refractivity contribution is -0.132. The van der Waals surface area contributed by atoms with Gasteiger partial charge in [-0.25, -0.2) is 0 Å². The Hall–Kier alpha value is -2.22. The summed E-state index contributed by atoms with van der Waals surface area (Å²) in [5, 5.41) is 22.7. The van der Waals surface area contributed by atoms with Crippen LogP contribution in [0.25, 0.3) is 10.9 Å². The minimum Gasteiger partial charge on any atom is -0.394 e. The van der Waals surface area contributed by atoms with Gasteiger partial charge in [-0.2, -0.15) is 0 Å². The van der Waals surface area contributed by atoms with Gasteiger partial charge in [-0.3, -0.25) is 9.59 Å². The minimum absolute atomic E-state index is 0.0422. The zero-order valence-corrected chi connectivity index (χ0v) is 14.0. The third-order valence-electron chi connectivity index (χ3n) is 4.61. The zero-order chi connectivity index (χ0) is 18.0. The maximum atomic E-state index is 12.5. The van der Waals surface area contributed by atoms with E-state index in [0.29, 0.717) is 29.6 Å². The fourth-order valence-corrected chi connectivity index (χ4v) is 3.25. The predicted molar refractivity (Wildman–Crippen MR) is 92.3 cm³/mol. The molecule has 0 aliphatic carbocycles. The standard InChI is InChI=1S/C18H22N2O5/c1-11-8-15(22)12-4-2-3-5-14(12)20(11)9-17(23)19-13-6-7-25-16(10-21)18(13)24/h2-5,8,13,16,18,21,24H,6-7,9-10H2,1H3,(H,19,23)/t13-,16+,18-/m0/s1. The first-order valence-corrected chi connectivity index (χ1v) is 8.30. The Balaban J connectivity index is 1.80. The lowest BCUT2D eigenvalue weighted by Crippen LogP contribution is -2.54. The van der Waals surface area contributed by atoms with Crippen LogP contribution in [-0.4, -0.2) is 52.2 Å².